The van der Waals surface area contributed by atoms with Crippen LogP contribution in [0.15, 0.2) is 64.0 Å². The van der Waals surface area contributed by atoms with E-state index in [0.29, 0.717) is 0 Å². The first-order valence-corrected chi connectivity index (χ1v) is 10.2. The highest BCUT2D eigenvalue weighted by atomic mass is 79.9. The van der Waals surface area contributed by atoms with Crippen molar-refractivity contribution < 1.29 is 0 Å². The molecule has 1 aliphatic rings. The Balaban J connectivity index is 1.44. The third-order valence-electron chi connectivity index (χ3n) is 5.42. The summed E-state index contributed by atoms with van der Waals surface area (Å²) in [5.41, 5.74) is 3.84. The van der Waals surface area contributed by atoms with Crippen LogP contribution in [-0.4, -0.2) is 40.5 Å². The van der Waals surface area contributed by atoms with Crippen LogP contribution in [0.1, 0.15) is 11.1 Å². The van der Waals surface area contributed by atoms with Crippen molar-refractivity contribution in [3.63, 3.8) is 0 Å². The van der Waals surface area contributed by atoms with Crippen molar-refractivity contribution in [2.24, 2.45) is 0 Å². The Kier molecular flexibility index (Phi) is 5.43. The molecule has 5 heteroatoms. The summed E-state index contributed by atoms with van der Waals surface area (Å²) in [6.45, 7) is 8.20. The predicted octanol–water partition coefficient (Wildman–Crippen LogP) is 3.85. The first-order chi connectivity index (χ1) is 13.1. The van der Waals surface area contributed by atoms with E-state index >= 15 is 0 Å². The SMILES string of the molecule is Cc1ccccc1CN1CCN(Cn2ccc(=O)c3cccc(Br)c32)CC1. The van der Waals surface area contributed by atoms with Crippen LogP contribution >= 0.6 is 15.9 Å². The van der Waals surface area contributed by atoms with Gasteiger partial charge in [0.25, 0.3) is 0 Å². The summed E-state index contributed by atoms with van der Waals surface area (Å²) in [4.78, 5) is 17.1. The number of halogens is 1. The number of fused-ring (bicyclic) bond motifs is 1. The number of aryl methyl sites for hydroxylation is 1. The molecule has 140 valence electrons. The van der Waals surface area contributed by atoms with Crippen molar-refractivity contribution in [2.45, 2.75) is 20.1 Å². The number of aromatic nitrogens is 1. The van der Waals surface area contributed by atoms with Crippen molar-refractivity contribution in [3.8, 4) is 0 Å². The number of hydrogen-bond donors (Lipinski definition) is 0. The lowest BCUT2D eigenvalue weighted by molar-refractivity contribution is 0.104. The van der Waals surface area contributed by atoms with E-state index in [9.17, 15) is 4.79 Å². The second-order valence-electron chi connectivity index (χ2n) is 7.25. The lowest BCUT2D eigenvalue weighted by Gasteiger charge is -2.35. The lowest BCUT2D eigenvalue weighted by Crippen LogP contribution is -2.46. The Labute approximate surface area is 168 Å². The number of benzene rings is 2. The smallest absolute Gasteiger partial charge is 0.189 e. The number of hydrogen-bond acceptors (Lipinski definition) is 3. The molecule has 1 aliphatic heterocycles. The Morgan fingerprint density at radius 3 is 2.44 bits per heavy atom. The average Bonchev–Trinajstić information content (AvgIpc) is 2.67. The van der Waals surface area contributed by atoms with Crippen molar-refractivity contribution in [2.75, 3.05) is 26.2 Å². The molecule has 0 saturated carbocycles. The quantitative estimate of drug-likeness (QED) is 0.635. The minimum absolute atomic E-state index is 0.0746. The maximum atomic E-state index is 12.2. The molecular weight excluding hydrogens is 402 g/mol. The van der Waals surface area contributed by atoms with E-state index in [-0.39, 0.29) is 5.43 Å². The van der Waals surface area contributed by atoms with E-state index in [1.165, 1.54) is 11.1 Å². The van der Waals surface area contributed by atoms with Crippen LogP contribution in [-0.2, 0) is 13.2 Å². The van der Waals surface area contributed by atoms with E-state index < -0.39 is 0 Å². The minimum Gasteiger partial charge on any atom is -0.333 e. The zero-order valence-electron chi connectivity index (χ0n) is 15.6. The topological polar surface area (TPSA) is 28.5 Å². The van der Waals surface area contributed by atoms with E-state index in [1.54, 1.807) is 6.07 Å². The maximum Gasteiger partial charge on any atom is 0.189 e. The molecule has 4 rings (SSSR count). The molecule has 3 aromatic rings. The van der Waals surface area contributed by atoms with Gasteiger partial charge in [0.2, 0.25) is 0 Å². The predicted molar refractivity (Wildman–Crippen MR) is 114 cm³/mol. The Bertz CT molecular complexity index is 1010. The Hall–Kier alpha value is -1.95. The highest BCUT2D eigenvalue weighted by molar-refractivity contribution is 9.10. The zero-order valence-corrected chi connectivity index (χ0v) is 17.2. The molecule has 0 aliphatic carbocycles. The molecule has 1 aromatic heterocycles. The monoisotopic (exact) mass is 425 g/mol. The van der Waals surface area contributed by atoms with Gasteiger partial charge in [0.15, 0.2) is 5.43 Å². The molecule has 1 saturated heterocycles. The van der Waals surface area contributed by atoms with E-state index in [2.05, 4.69) is 61.5 Å². The van der Waals surface area contributed by atoms with Gasteiger partial charge in [-0.2, -0.15) is 0 Å². The molecule has 4 nitrogen and oxygen atoms in total. The van der Waals surface area contributed by atoms with E-state index in [4.69, 9.17) is 0 Å². The van der Waals surface area contributed by atoms with Crippen LogP contribution in [0.5, 0.6) is 0 Å². The van der Waals surface area contributed by atoms with Crippen LogP contribution in [0.2, 0.25) is 0 Å². The van der Waals surface area contributed by atoms with Gasteiger partial charge in [0.05, 0.1) is 12.2 Å². The highest BCUT2D eigenvalue weighted by Gasteiger charge is 2.18. The number of pyridine rings is 1. The maximum absolute atomic E-state index is 12.2. The van der Waals surface area contributed by atoms with Gasteiger partial charge in [0, 0.05) is 54.8 Å². The van der Waals surface area contributed by atoms with Gasteiger partial charge in [0.1, 0.15) is 0 Å². The molecule has 0 bridgehead atoms. The van der Waals surface area contributed by atoms with Gasteiger partial charge in [-0.3, -0.25) is 14.6 Å². The fourth-order valence-corrected chi connectivity index (χ4v) is 4.37. The van der Waals surface area contributed by atoms with Gasteiger partial charge in [-0.1, -0.05) is 30.3 Å². The molecule has 0 unspecified atom stereocenters. The third-order valence-corrected chi connectivity index (χ3v) is 6.06. The summed E-state index contributed by atoms with van der Waals surface area (Å²) in [6.07, 6.45) is 1.91. The highest BCUT2D eigenvalue weighted by Crippen LogP contribution is 2.22. The van der Waals surface area contributed by atoms with Crippen molar-refractivity contribution >= 4 is 26.8 Å². The summed E-state index contributed by atoms with van der Waals surface area (Å²) >= 11 is 3.61. The second kappa shape index (κ2) is 7.97. The molecule has 27 heavy (non-hydrogen) atoms. The summed E-state index contributed by atoms with van der Waals surface area (Å²) in [6, 6.07) is 16.1. The first-order valence-electron chi connectivity index (χ1n) is 9.39. The molecule has 0 atom stereocenters. The molecule has 0 N–H and O–H groups in total. The van der Waals surface area contributed by atoms with Crippen LogP contribution < -0.4 is 5.43 Å². The molecule has 0 spiro atoms. The van der Waals surface area contributed by atoms with Gasteiger partial charge in [-0.05, 0) is 46.1 Å². The van der Waals surface area contributed by atoms with Crippen molar-refractivity contribution in [1.29, 1.82) is 0 Å². The normalized spacial score (nSPS) is 16.1. The molecule has 0 radical (unpaired) electrons. The number of rotatable bonds is 4. The molecule has 2 heterocycles. The summed E-state index contributed by atoms with van der Waals surface area (Å²) in [5.74, 6) is 0. The fraction of sp³-hybridized carbons (Fsp3) is 0.318. The van der Waals surface area contributed by atoms with Crippen LogP contribution in [0.25, 0.3) is 10.9 Å². The van der Waals surface area contributed by atoms with E-state index in [1.807, 2.05) is 24.4 Å². The Morgan fingerprint density at radius 1 is 0.926 bits per heavy atom. The first kappa shape index (κ1) is 18.4. The second-order valence-corrected chi connectivity index (χ2v) is 8.10. The van der Waals surface area contributed by atoms with Crippen molar-refractivity contribution in [3.05, 3.63) is 80.6 Å². The lowest BCUT2D eigenvalue weighted by atomic mass is 10.1. The summed E-state index contributed by atoms with van der Waals surface area (Å²) in [5, 5.41) is 0.769. The molecular formula is C22H24BrN3O. The van der Waals surface area contributed by atoms with Gasteiger partial charge >= 0.3 is 0 Å². The summed E-state index contributed by atoms with van der Waals surface area (Å²) < 4.78 is 3.15. The number of nitrogens with zero attached hydrogens (tertiary/aromatic N) is 3. The van der Waals surface area contributed by atoms with Gasteiger partial charge in [-0.25, -0.2) is 0 Å². The molecule has 1 fully saturated rings. The van der Waals surface area contributed by atoms with Crippen molar-refractivity contribution in [1.82, 2.24) is 14.4 Å². The fourth-order valence-electron chi connectivity index (χ4n) is 3.78. The average molecular weight is 426 g/mol. The van der Waals surface area contributed by atoms with E-state index in [0.717, 1.165) is 54.8 Å². The van der Waals surface area contributed by atoms with Crippen LogP contribution in [0.4, 0.5) is 0 Å². The zero-order chi connectivity index (χ0) is 18.8. The largest absolute Gasteiger partial charge is 0.333 e. The van der Waals surface area contributed by atoms with Gasteiger partial charge < -0.3 is 4.57 Å². The third kappa shape index (κ3) is 4.00. The number of piperazine rings is 1. The van der Waals surface area contributed by atoms with Crippen LogP contribution in [0.3, 0.4) is 0 Å². The molecule has 2 aromatic carbocycles. The van der Waals surface area contributed by atoms with Crippen LogP contribution in [0, 0.1) is 6.92 Å². The minimum atomic E-state index is 0.0746. The van der Waals surface area contributed by atoms with Gasteiger partial charge in [-0.15, -0.1) is 0 Å². The molecule has 0 amide bonds. The standard InChI is InChI=1S/C22H24BrN3O/c1-17-5-2-3-6-18(17)15-24-11-13-25(14-12-24)16-26-10-9-21(27)19-7-4-8-20(23)22(19)26/h2-10H,11-16H2,1H3. The number of para-hydroxylation sites is 1. The summed E-state index contributed by atoms with van der Waals surface area (Å²) in [7, 11) is 0. The Morgan fingerprint density at radius 2 is 1.67 bits per heavy atom.